The molecule has 2 rings (SSSR count). The third kappa shape index (κ3) is 3.16. The molecule has 0 radical (unpaired) electrons. The quantitative estimate of drug-likeness (QED) is 0.379. The van der Waals surface area contributed by atoms with Crippen molar-refractivity contribution in [3.05, 3.63) is 62.4 Å². The lowest BCUT2D eigenvalue weighted by Gasteiger charge is -2.09. The zero-order chi connectivity index (χ0) is 15.6. The van der Waals surface area contributed by atoms with Crippen molar-refractivity contribution in [3.63, 3.8) is 0 Å². The number of ether oxygens (including phenoxy) is 1. The van der Waals surface area contributed by atoms with E-state index in [2.05, 4.69) is 15.9 Å². The molecule has 3 N–H and O–H groups in total. The van der Waals surface area contributed by atoms with Gasteiger partial charge in [0.2, 0.25) is 5.75 Å². The highest BCUT2D eigenvalue weighted by Crippen LogP contribution is 2.35. The molecule has 0 saturated carbocycles. The van der Waals surface area contributed by atoms with Crippen LogP contribution in [0.3, 0.4) is 0 Å². The molecule has 108 valence electrons. The van der Waals surface area contributed by atoms with Gasteiger partial charge < -0.3 is 10.5 Å². The molecule has 0 unspecified atom stereocenters. The molecule has 8 heteroatoms. The van der Waals surface area contributed by atoms with Crippen molar-refractivity contribution >= 4 is 27.5 Å². The fourth-order valence-electron chi connectivity index (χ4n) is 1.64. The van der Waals surface area contributed by atoms with Crippen molar-refractivity contribution in [2.45, 2.75) is 0 Å². The zero-order valence-corrected chi connectivity index (χ0v) is 12.1. The molecule has 0 aromatic heterocycles. The fourth-order valence-corrected chi connectivity index (χ4v) is 2.21. The van der Waals surface area contributed by atoms with Crippen molar-refractivity contribution in [1.29, 1.82) is 5.41 Å². The van der Waals surface area contributed by atoms with E-state index in [1.165, 1.54) is 24.3 Å². The molecule has 21 heavy (non-hydrogen) atoms. The van der Waals surface area contributed by atoms with Gasteiger partial charge in [0.1, 0.15) is 11.6 Å². The minimum atomic E-state index is -0.837. The molecular weight excluding hydrogens is 345 g/mol. The predicted octanol–water partition coefficient (Wildman–Crippen LogP) is 3.57. The van der Waals surface area contributed by atoms with Crippen LogP contribution >= 0.6 is 15.9 Å². The summed E-state index contributed by atoms with van der Waals surface area (Å²) in [6.45, 7) is 0. The minimum Gasteiger partial charge on any atom is -0.447 e. The van der Waals surface area contributed by atoms with Crippen LogP contribution in [0.1, 0.15) is 5.56 Å². The number of rotatable bonds is 4. The van der Waals surface area contributed by atoms with E-state index in [4.69, 9.17) is 15.9 Å². The smallest absolute Gasteiger partial charge is 0.314 e. The van der Waals surface area contributed by atoms with Gasteiger partial charge in [0.15, 0.2) is 5.82 Å². The summed E-state index contributed by atoms with van der Waals surface area (Å²) in [5.74, 6) is -1.27. The first-order chi connectivity index (χ1) is 9.90. The minimum absolute atomic E-state index is 0.148. The fraction of sp³-hybridized carbons (Fsp3) is 0. The van der Waals surface area contributed by atoms with E-state index in [1.54, 1.807) is 0 Å². The van der Waals surface area contributed by atoms with E-state index in [9.17, 15) is 14.5 Å². The van der Waals surface area contributed by atoms with Crippen LogP contribution in [-0.4, -0.2) is 10.8 Å². The first-order valence-electron chi connectivity index (χ1n) is 5.65. The van der Waals surface area contributed by atoms with Crippen molar-refractivity contribution in [3.8, 4) is 11.5 Å². The van der Waals surface area contributed by atoms with Crippen LogP contribution in [0.15, 0.2) is 40.9 Å². The molecular formula is C13H9BrFN3O3. The molecule has 6 nitrogen and oxygen atoms in total. The van der Waals surface area contributed by atoms with Crippen LogP contribution < -0.4 is 10.5 Å². The Hall–Kier alpha value is -2.48. The normalized spacial score (nSPS) is 10.2. The molecule has 2 aromatic rings. The largest absolute Gasteiger partial charge is 0.447 e. The van der Waals surface area contributed by atoms with E-state index in [1.807, 2.05) is 0 Å². The van der Waals surface area contributed by atoms with E-state index in [0.29, 0.717) is 10.0 Å². The van der Waals surface area contributed by atoms with Gasteiger partial charge in [-0.25, -0.2) is 4.39 Å². The number of nitrogens with one attached hydrogen (secondary N) is 1. The number of halogens is 2. The van der Waals surface area contributed by atoms with Gasteiger partial charge in [-0.1, -0.05) is 6.07 Å². The van der Waals surface area contributed by atoms with Crippen LogP contribution in [0, 0.1) is 21.3 Å². The number of amidine groups is 1. The molecule has 0 saturated heterocycles. The van der Waals surface area contributed by atoms with Gasteiger partial charge in [0.05, 0.1) is 4.92 Å². The van der Waals surface area contributed by atoms with Crippen molar-refractivity contribution in [2.75, 3.05) is 0 Å². The van der Waals surface area contributed by atoms with Crippen LogP contribution in [0.5, 0.6) is 11.5 Å². The Morgan fingerprint density at radius 3 is 2.67 bits per heavy atom. The number of para-hydroxylation sites is 1. The van der Waals surface area contributed by atoms with Gasteiger partial charge >= 0.3 is 5.69 Å². The molecule has 2 aromatic carbocycles. The number of benzene rings is 2. The Labute approximate surface area is 127 Å². The van der Waals surface area contributed by atoms with E-state index in [0.717, 1.165) is 12.1 Å². The molecule has 0 atom stereocenters. The lowest BCUT2D eigenvalue weighted by Crippen LogP contribution is -2.11. The monoisotopic (exact) mass is 353 g/mol. The summed E-state index contributed by atoms with van der Waals surface area (Å²) in [7, 11) is 0. The second-order valence-corrected chi connectivity index (χ2v) is 4.86. The summed E-state index contributed by atoms with van der Waals surface area (Å²) < 4.78 is 19.4. The lowest BCUT2D eigenvalue weighted by atomic mass is 10.2. The predicted molar refractivity (Wildman–Crippen MR) is 78.3 cm³/mol. The average molecular weight is 354 g/mol. The van der Waals surface area contributed by atoms with Crippen molar-refractivity contribution in [2.24, 2.45) is 5.73 Å². The number of hydrogen-bond acceptors (Lipinski definition) is 4. The van der Waals surface area contributed by atoms with Gasteiger partial charge in [0, 0.05) is 16.1 Å². The van der Waals surface area contributed by atoms with Gasteiger partial charge in [0.25, 0.3) is 0 Å². The maximum atomic E-state index is 13.7. The summed E-state index contributed by atoms with van der Waals surface area (Å²) in [5, 5.41) is 18.2. The number of nitro benzene ring substituents is 1. The van der Waals surface area contributed by atoms with Crippen LogP contribution in [0.25, 0.3) is 0 Å². The summed E-state index contributed by atoms with van der Waals surface area (Å²) >= 11 is 3.20. The molecule has 0 fully saturated rings. The summed E-state index contributed by atoms with van der Waals surface area (Å²) in [5.41, 5.74) is 5.33. The molecule has 0 amide bonds. The van der Waals surface area contributed by atoms with Gasteiger partial charge in [-0.3, -0.25) is 15.5 Å². The Bertz CT molecular complexity index is 737. The SMILES string of the molecule is N=C(N)c1ccc(Oc2c(F)cccc2[N+](=O)[O-])cc1Br. The topological polar surface area (TPSA) is 102 Å². The summed E-state index contributed by atoms with van der Waals surface area (Å²) in [6.07, 6.45) is 0. The van der Waals surface area contributed by atoms with Crippen molar-refractivity contribution in [1.82, 2.24) is 0 Å². The standard InChI is InChI=1S/C13H9BrFN3O3/c14-9-6-7(4-5-8(9)13(16)17)21-12-10(15)2-1-3-11(12)18(19)20/h1-6H,(H3,16,17). The van der Waals surface area contributed by atoms with Crippen LogP contribution in [0.4, 0.5) is 10.1 Å². The second kappa shape index (κ2) is 5.88. The van der Waals surface area contributed by atoms with E-state index < -0.39 is 22.2 Å². The maximum Gasteiger partial charge on any atom is 0.314 e. The molecule has 0 spiro atoms. The van der Waals surface area contributed by atoms with E-state index >= 15 is 0 Å². The zero-order valence-electron chi connectivity index (χ0n) is 10.5. The van der Waals surface area contributed by atoms with E-state index in [-0.39, 0.29) is 11.6 Å². The summed E-state index contributed by atoms with van der Waals surface area (Å²) in [4.78, 5) is 10.2. The highest BCUT2D eigenvalue weighted by Gasteiger charge is 2.20. The maximum absolute atomic E-state index is 13.7. The Morgan fingerprint density at radius 2 is 2.10 bits per heavy atom. The molecule has 0 aliphatic carbocycles. The molecule has 0 aliphatic rings. The van der Waals surface area contributed by atoms with Gasteiger partial charge in [-0.15, -0.1) is 0 Å². The average Bonchev–Trinajstić information content (AvgIpc) is 2.40. The highest BCUT2D eigenvalue weighted by atomic mass is 79.9. The molecule has 0 aliphatic heterocycles. The third-order valence-electron chi connectivity index (χ3n) is 2.59. The number of nitro groups is 1. The number of hydrogen-bond donors (Lipinski definition) is 2. The lowest BCUT2D eigenvalue weighted by molar-refractivity contribution is -0.385. The third-order valence-corrected chi connectivity index (χ3v) is 3.25. The van der Waals surface area contributed by atoms with Gasteiger partial charge in [-0.05, 0) is 40.2 Å². The molecule has 0 heterocycles. The first-order valence-corrected chi connectivity index (χ1v) is 6.44. The highest BCUT2D eigenvalue weighted by molar-refractivity contribution is 9.10. The number of nitrogens with two attached hydrogens (primary N) is 1. The Balaban J connectivity index is 2.41. The van der Waals surface area contributed by atoms with Crippen molar-refractivity contribution < 1.29 is 14.1 Å². The summed E-state index contributed by atoms with van der Waals surface area (Å²) in [6, 6.07) is 7.84. The van der Waals surface area contributed by atoms with Crippen LogP contribution in [-0.2, 0) is 0 Å². The first kappa shape index (κ1) is 14.9. The molecule has 0 bridgehead atoms. The Kier molecular flexibility index (Phi) is 4.18. The second-order valence-electron chi connectivity index (χ2n) is 4.00. The van der Waals surface area contributed by atoms with Gasteiger partial charge in [-0.2, -0.15) is 0 Å². The Morgan fingerprint density at radius 1 is 1.38 bits per heavy atom. The van der Waals surface area contributed by atoms with Crippen LogP contribution in [0.2, 0.25) is 0 Å². The number of nitrogen functional groups attached to an aromatic ring is 1. The number of nitrogens with zero attached hydrogens (tertiary/aromatic N) is 1.